The molecule has 0 fully saturated rings. The van der Waals surface area contributed by atoms with Crippen LogP contribution < -0.4 is 0 Å². The van der Waals surface area contributed by atoms with Gasteiger partial charge in [-0.25, -0.2) is 4.39 Å². The molecule has 3 heteroatoms. The third-order valence-corrected chi connectivity index (χ3v) is 4.13. The van der Waals surface area contributed by atoms with Gasteiger partial charge >= 0.3 is 0 Å². The van der Waals surface area contributed by atoms with Crippen molar-refractivity contribution in [2.75, 3.05) is 0 Å². The summed E-state index contributed by atoms with van der Waals surface area (Å²) in [4.78, 5) is 0. The lowest BCUT2D eigenvalue weighted by Gasteiger charge is -2.13. The number of aliphatic hydroxyl groups is 1. The molecular weight excluding hydrogens is 319 g/mol. The fourth-order valence-electron chi connectivity index (χ4n) is 2.49. The molecular formula is C17H18BrFO. The molecule has 0 bridgehead atoms. The van der Waals surface area contributed by atoms with Gasteiger partial charge in [-0.3, -0.25) is 0 Å². The van der Waals surface area contributed by atoms with Crippen LogP contribution in [0.25, 0.3) is 0 Å². The molecule has 1 unspecified atom stereocenters. The van der Waals surface area contributed by atoms with Crippen LogP contribution in [0.3, 0.4) is 0 Å². The minimum atomic E-state index is -0.519. The summed E-state index contributed by atoms with van der Waals surface area (Å²) in [5.74, 6) is -0.291. The Hall–Kier alpha value is -1.19. The fourth-order valence-corrected chi connectivity index (χ4v) is 2.92. The van der Waals surface area contributed by atoms with Crippen LogP contribution in [-0.4, -0.2) is 11.2 Å². The molecule has 1 atom stereocenters. The van der Waals surface area contributed by atoms with Gasteiger partial charge in [-0.05, 0) is 59.8 Å². The Morgan fingerprint density at radius 1 is 1.10 bits per heavy atom. The topological polar surface area (TPSA) is 20.2 Å². The summed E-state index contributed by atoms with van der Waals surface area (Å²) in [5, 5.41) is 10.2. The predicted molar refractivity (Wildman–Crippen MR) is 83.4 cm³/mol. The summed E-state index contributed by atoms with van der Waals surface area (Å²) >= 11 is 3.23. The summed E-state index contributed by atoms with van der Waals surface area (Å²) in [6.45, 7) is 4.10. The second-order valence-electron chi connectivity index (χ2n) is 5.27. The van der Waals surface area contributed by atoms with E-state index in [1.54, 1.807) is 6.07 Å². The maximum absolute atomic E-state index is 13.4. The van der Waals surface area contributed by atoms with Crippen molar-refractivity contribution < 1.29 is 9.50 Å². The van der Waals surface area contributed by atoms with Crippen molar-refractivity contribution >= 4 is 15.9 Å². The predicted octanol–water partition coefficient (Wildman–Crippen LogP) is 4.35. The Labute approximate surface area is 127 Å². The average molecular weight is 337 g/mol. The Morgan fingerprint density at radius 3 is 2.40 bits per heavy atom. The zero-order valence-electron chi connectivity index (χ0n) is 11.7. The molecule has 0 saturated heterocycles. The number of aryl methyl sites for hydroxylation is 2. The number of halogens is 2. The third-order valence-electron chi connectivity index (χ3n) is 3.24. The molecule has 0 aliphatic rings. The summed E-state index contributed by atoms with van der Waals surface area (Å²) in [6.07, 6.45) is 0.492. The number of hydrogen-bond donors (Lipinski definition) is 1. The maximum atomic E-state index is 13.4. The van der Waals surface area contributed by atoms with E-state index in [1.807, 2.05) is 19.9 Å². The van der Waals surface area contributed by atoms with E-state index >= 15 is 0 Å². The normalized spacial score (nSPS) is 12.4. The van der Waals surface area contributed by atoms with E-state index < -0.39 is 6.10 Å². The van der Waals surface area contributed by atoms with E-state index in [2.05, 4.69) is 34.1 Å². The summed E-state index contributed by atoms with van der Waals surface area (Å²) in [7, 11) is 0. The van der Waals surface area contributed by atoms with Gasteiger partial charge in [-0.1, -0.05) is 41.5 Å². The first-order valence-corrected chi connectivity index (χ1v) is 7.43. The monoisotopic (exact) mass is 336 g/mol. The molecule has 1 N–H and O–H groups in total. The lowest BCUT2D eigenvalue weighted by molar-refractivity contribution is 0.175. The first-order chi connectivity index (χ1) is 9.45. The van der Waals surface area contributed by atoms with Crippen LogP contribution in [0, 0.1) is 19.7 Å². The molecule has 1 nitrogen and oxygen atoms in total. The van der Waals surface area contributed by atoms with Crippen molar-refractivity contribution in [1.29, 1.82) is 0 Å². The number of hydrogen-bond acceptors (Lipinski definition) is 1. The highest BCUT2D eigenvalue weighted by Crippen LogP contribution is 2.22. The lowest BCUT2D eigenvalue weighted by Crippen LogP contribution is -2.14. The standard InChI is InChI=1S/C17H18BrFO/c1-11-6-12(2)8-13(7-11)9-15(20)10-14-4-3-5-16(19)17(14)18/h3-8,15,20H,9-10H2,1-2H3. The molecule has 2 aromatic rings. The number of rotatable bonds is 4. The van der Waals surface area contributed by atoms with E-state index in [1.165, 1.54) is 17.2 Å². The van der Waals surface area contributed by atoms with Crippen LogP contribution in [0.5, 0.6) is 0 Å². The SMILES string of the molecule is Cc1cc(C)cc(CC(O)Cc2cccc(F)c2Br)c1. The Bertz CT molecular complexity index is 590. The summed E-state index contributed by atoms with van der Waals surface area (Å²) in [6, 6.07) is 11.2. The Kier molecular flexibility index (Phi) is 4.95. The van der Waals surface area contributed by atoms with E-state index in [-0.39, 0.29) is 5.82 Å². The van der Waals surface area contributed by atoms with Gasteiger partial charge in [0.25, 0.3) is 0 Å². The minimum absolute atomic E-state index is 0.291. The van der Waals surface area contributed by atoms with E-state index in [0.717, 1.165) is 11.1 Å². The molecule has 0 aliphatic carbocycles. The molecule has 106 valence electrons. The first kappa shape index (κ1) is 15.2. The van der Waals surface area contributed by atoms with Gasteiger partial charge in [0.2, 0.25) is 0 Å². The highest BCUT2D eigenvalue weighted by atomic mass is 79.9. The highest BCUT2D eigenvalue weighted by molar-refractivity contribution is 9.10. The molecule has 0 radical (unpaired) electrons. The van der Waals surface area contributed by atoms with Gasteiger partial charge in [0.1, 0.15) is 5.82 Å². The van der Waals surface area contributed by atoms with Gasteiger partial charge in [-0.15, -0.1) is 0 Å². The zero-order chi connectivity index (χ0) is 14.7. The van der Waals surface area contributed by atoms with Gasteiger partial charge in [0.05, 0.1) is 10.6 Å². The van der Waals surface area contributed by atoms with Crippen molar-refractivity contribution in [2.24, 2.45) is 0 Å². The molecule has 20 heavy (non-hydrogen) atoms. The first-order valence-electron chi connectivity index (χ1n) is 6.64. The van der Waals surface area contributed by atoms with Crippen molar-refractivity contribution in [1.82, 2.24) is 0 Å². The lowest BCUT2D eigenvalue weighted by atomic mass is 9.98. The van der Waals surface area contributed by atoms with Crippen LogP contribution in [0.4, 0.5) is 4.39 Å². The van der Waals surface area contributed by atoms with Gasteiger partial charge in [0, 0.05) is 0 Å². The van der Waals surface area contributed by atoms with Crippen LogP contribution in [0.1, 0.15) is 22.3 Å². The van der Waals surface area contributed by atoms with Crippen LogP contribution in [-0.2, 0) is 12.8 Å². The number of benzene rings is 2. The van der Waals surface area contributed by atoms with Crippen LogP contribution in [0.15, 0.2) is 40.9 Å². The molecule has 2 aromatic carbocycles. The molecule has 0 saturated carbocycles. The Balaban J connectivity index is 2.09. The van der Waals surface area contributed by atoms with Gasteiger partial charge in [0.15, 0.2) is 0 Å². The highest BCUT2D eigenvalue weighted by Gasteiger charge is 2.12. The summed E-state index contributed by atoms with van der Waals surface area (Å²) in [5.41, 5.74) is 4.29. The molecule has 2 rings (SSSR count). The average Bonchev–Trinajstić information content (AvgIpc) is 2.33. The quantitative estimate of drug-likeness (QED) is 0.879. The minimum Gasteiger partial charge on any atom is -0.392 e. The second-order valence-corrected chi connectivity index (χ2v) is 6.06. The molecule has 0 amide bonds. The largest absolute Gasteiger partial charge is 0.392 e. The van der Waals surface area contributed by atoms with Crippen molar-refractivity contribution in [3.8, 4) is 0 Å². The van der Waals surface area contributed by atoms with E-state index in [4.69, 9.17) is 0 Å². The van der Waals surface area contributed by atoms with Crippen molar-refractivity contribution in [3.05, 3.63) is 68.9 Å². The second kappa shape index (κ2) is 6.51. The van der Waals surface area contributed by atoms with Crippen molar-refractivity contribution in [2.45, 2.75) is 32.8 Å². The molecule has 0 heterocycles. The van der Waals surface area contributed by atoms with Gasteiger partial charge < -0.3 is 5.11 Å². The summed E-state index contributed by atoms with van der Waals surface area (Å²) < 4.78 is 13.9. The van der Waals surface area contributed by atoms with E-state index in [9.17, 15) is 9.50 Å². The zero-order valence-corrected chi connectivity index (χ0v) is 13.2. The van der Waals surface area contributed by atoms with Gasteiger partial charge in [-0.2, -0.15) is 0 Å². The maximum Gasteiger partial charge on any atom is 0.137 e. The van der Waals surface area contributed by atoms with E-state index in [0.29, 0.717) is 17.3 Å². The Morgan fingerprint density at radius 2 is 1.75 bits per heavy atom. The number of aliphatic hydroxyl groups excluding tert-OH is 1. The van der Waals surface area contributed by atoms with Crippen molar-refractivity contribution in [3.63, 3.8) is 0 Å². The molecule has 0 aromatic heterocycles. The molecule has 0 aliphatic heterocycles. The van der Waals surface area contributed by atoms with Crippen LogP contribution in [0.2, 0.25) is 0 Å². The van der Waals surface area contributed by atoms with Crippen LogP contribution >= 0.6 is 15.9 Å². The smallest absolute Gasteiger partial charge is 0.137 e. The molecule has 0 spiro atoms. The fraction of sp³-hybridized carbons (Fsp3) is 0.294. The third kappa shape index (κ3) is 3.90.